The number of hydrogen-bond acceptors (Lipinski definition) is 5. The third-order valence-corrected chi connectivity index (χ3v) is 6.08. The number of rotatable bonds is 7. The van der Waals surface area contributed by atoms with E-state index in [4.69, 9.17) is 0 Å². The second-order valence-electron chi connectivity index (χ2n) is 4.32. The van der Waals surface area contributed by atoms with E-state index < -0.39 is 10.0 Å². The summed E-state index contributed by atoms with van der Waals surface area (Å²) in [5.74, 6) is 0.101. The van der Waals surface area contributed by atoms with Crippen LogP contribution in [-0.2, 0) is 10.0 Å². The van der Waals surface area contributed by atoms with Crippen LogP contribution in [0.3, 0.4) is 0 Å². The predicted molar refractivity (Wildman–Crippen MR) is 84.8 cm³/mol. The Morgan fingerprint density at radius 3 is 2.75 bits per heavy atom. The molecule has 0 bridgehead atoms. The second-order valence-corrected chi connectivity index (χ2v) is 7.33. The van der Waals surface area contributed by atoms with Crippen LogP contribution in [0.2, 0.25) is 0 Å². The summed E-state index contributed by atoms with van der Waals surface area (Å²) >= 11 is 1.60. The highest BCUT2D eigenvalue weighted by atomic mass is 32.2. The van der Waals surface area contributed by atoms with Crippen molar-refractivity contribution in [2.45, 2.75) is 13.8 Å². The Labute approximate surface area is 123 Å². The van der Waals surface area contributed by atoms with Crippen molar-refractivity contribution in [3.05, 3.63) is 23.7 Å². The van der Waals surface area contributed by atoms with Gasteiger partial charge in [-0.05, 0) is 17.5 Å². The van der Waals surface area contributed by atoms with E-state index in [0.717, 1.165) is 15.9 Å². The van der Waals surface area contributed by atoms with Crippen molar-refractivity contribution in [1.82, 2.24) is 9.29 Å². The largest absolute Gasteiger partial charge is 0.383 e. The van der Waals surface area contributed by atoms with Gasteiger partial charge in [-0.2, -0.15) is 0 Å². The molecule has 0 atom stereocenters. The SMILES string of the molecule is CCN(CC)S(=O)(=O)CCNc1ccnc2ccsc12. The highest BCUT2D eigenvalue weighted by Crippen LogP contribution is 2.26. The van der Waals surface area contributed by atoms with Gasteiger partial charge in [0.15, 0.2) is 0 Å². The van der Waals surface area contributed by atoms with Gasteiger partial charge in [0, 0.05) is 25.8 Å². The van der Waals surface area contributed by atoms with Gasteiger partial charge in [0.05, 0.1) is 21.7 Å². The summed E-state index contributed by atoms with van der Waals surface area (Å²) in [6.07, 6.45) is 1.73. The summed E-state index contributed by atoms with van der Waals surface area (Å²) in [6.45, 7) is 5.14. The predicted octanol–water partition coefficient (Wildman–Crippen LogP) is 2.38. The van der Waals surface area contributed by atoms with E-state index in [2.05, 4.69) is 10.3 Å². The van der Waals surface area contributed by atoms with Gasteiger partial charge >= 0.3 is 0 Å². The van der Waals surface area contributed by atoms with Gasteiger partial charge in [0.25, 0.3) is 0 Å². The number of nitrogens with one attached hydrogen (secondary N) is 1. The Bertz CT molecular complexity index is 663. The topological polar surface area (TPSA) is 62.3 Å². The molecule has 2 aromatic rings. The average Bonchev–Trinajstić information content (AvgIpc) is 2.88. The lowest BCUT2D eigenvalue weighted by atomic mass is 10.3. The van der Waals surface area contributed by atoms with Crippen LogP contribution in [0.15, 0.2) is 23.7 Å². The fraction of sp³-hybridized carbons (Fsp3) is 0.462. The molecule has 0 amide bonds. The highest BCUT2D eigenvalue weighted by Gasteiger charge is 2.18. The second kappa shape index (κ2) is 6.51. The average molecular weight is 313 g/mol. The lowest BCUT2D eigenvalue weighted by Crippen LogP contribution is -2.34. The van der Waals surface area contributed by atoms with Gasteiger partial charge in [0.2, 0.25) is 10.0 Å². The quantitative estimate of drug-likeness (QED) is 0.852. The molecule has 5 nitrogen and oxygen atoms in total. The fourth-order valence-corrected chi connectivity index (χ4v) is 4.32. The van der Waals surface area contributed by atoms with Crippen LogP contribution in [0, 0.1) is 0 Å². The first-order valence-corrected chi connectivity index (χ1v) is 9.11. The Kier molecular flexibility index (Phi) is 4.95. The van der Waals surface area contributed by atoms with Gasteiger partial charge in [0.1, 0.15) is 0 Å². The maximum atomic E-state index is 12.1. The number of hydrogen-bond donors (Lipinski definition) is 1. The van der Waals surface area contributed by atoms with E-state index in [1.165, 1.54) is 4.31 Å². The summed E-state index contributed by atoms with van der Waals surface area (Å²) in [5.41, 5.74) is 1.88. The molecule has 0 aliphatic heterocycles. The zero-order chi connectivity index (χ0) is 14.6. The van der Waals surface area contributed by atoms with Crippen LogP contribution in [0.1, 0.15) is 13.8 Å². The minimum absolute atomic E-state index is 0.101. The van der Waals surface area contributed by atoms with Gasteiger partial charge in [-0.1, -0.05) is 13.8 Å². The molecule has 0 radical (unpaired) electrons. The first kappa shape index (κ1) is 15.2. The molecule has 20 heavy (non-hydrogen) atoms. The van der Waals surface area contributed by atoms with Gasteiger partial charge in [-0.15, -0.1) is 11.3 Å². The van der Waals surface area contributed by atoms with Gasteiger partial charge in [-0.25, -0.2) is 12.7 Å². The fourth-order valence-electron chi connectivity index (χ4n) is 2.07. The number of anilines is 1. The van der Waals surface area contributed by atoms with E-state index in [1.807, 2.05) is 31.4 Å². The number of sulfonamides is 1. The molecule has 0 fully saturated rings. The molecule has 0 aliphatic carbocycles. The molecule has 2 heterocycles. The van der Waals surface area contributed by atoms with Gasteiger partial charge in [-0.3, -0.25) is 4.98 Å². The molecule has 110 valence electrons. The molecular weight excluding hydrogens is 294 g/mol. The van der Waals surface area contributed by atoms with Crippen LogP contribution in [0.4, 0.5) is 5.69 Å². The third-order valence-electron chi connectivity index (χ3n) is 3.12. The molecule has 0 spiro atoms. The van der Waals surface area contributed by atoms with Crippen molar-refractivity contribution < 1.29 is 8.42 Å². The molecule has 2 rings (SSSR count). The van der Waals surface area contributed by atoms with Crippen molar-refractivity contribution in [2.75, 3.05) is 30.7 Å². The molecular formula is C13H19N3O2S2. The maximum absolute atomic E-state index is 12.1. The Morgan fingerprint density at radius 2 is 2.05 bits per heavy atom. The van der Waals surface area contributed by atoms with Crippen molar-refractivity contribution >= 4 is 37.3 Å². The smallest absolute Gasteiger partial charge is 0.215 e. The summed E-state index contributed by atoms with van der Waals surface area (Å²) in [6, 6.07) is 3.83. The molecule has 1 N–H and O–H groups in total. The summed E-state index contributed by atoms with van der Waals surface area (Å²) in [4.78, 5) is 4.26. The molecule has 7 heteroatoms. The number of aromatic nitrogens is 1. The molecule has 0 saturated carbocycles. The number of thiophene rings is 1. The summed E-state index contributed by atoms with van der Waals surface area (Å²) in [7, 11) is -3.17. The molecule has 0 unspecified atom stereocenters. The van der Waals surface area contributed by atoms with Crippen LogP contribution in [0.5, 0.6) is 0 Å². The molecule has 0 saturated heterocycles. The van der Waals surface area contributed by atoms with Crippen LogP contribution in [-0.4, -0.2) is 43.1 Å². The van der Waals surface area contributed by atoms with E-state index in [0.29, 0.717) is 19.6 Å². The van der Waals surface area contributed by atoms with Crippen molar-refractivity contribution in [3.8, 4) is 0 Å². The van der Waals surface area contributed by atoms with Crippen molar-refractivity contribution in [1.29, 1.82) is 0 Å². The first-order chi connectivity index (χ1) is 9.58. The van der Waals surface area contributed by atoms with Crippen molar-refractivity contribution in [2.24, 2.45) is 0 Å². The zero-order valence-electron chi connectivity index (χ0n) is 11.7. The zero-order valence-corrected chi connectivity index (χ0v) is 13.3. The number of nitrogens with zero attached hydrogens (tertiary/aromatic N) is 2. The lowest BCUT2D eigenvalue weighted by Gasteiger charge is -2.18. The summed E-state index contributed by atoms with van der Waals surface area (Å²) < 4.78 is 26.7. The van der Waals surface area contributed by atoms with E-state index in [-0.39, 0.29) is 5.75 Å². The van der Waals surface area contributed by atoms with Crippen LogP contribution >= 0.6 is 11.3 Å². The molecule has 2 aromatic heterocycles. The standard InChI is InChI=1S/C13H19N3O2S2/c1-3-16(4-2)20(17,18)10-8-15-11-5-7-14-12-6-9-19-13(11)12/h5-7,9H,3-4,8,10H2,1-2H3,(H,14,15). The van der Waals surface area contributed by atoms with E-state index >= 15 is 0 Å². The van der Waals surface area contributed by atoms with Crippen LogP contribution in [0.25, 0.3) is 10.2 Å². The Hall–Kier alpha value is -1.18. The first-order valence-electron chi connectivity index (χ1n) is 6.62. The molecule has 0 aliphatic rings. The maximum Gasteiger partial charge on any atom is 0.215 e. The normalized spacial score (nSPS) is 12.2. The van der Waals surface area contributed by atoms with Crippen LogP contribution < -0.4 is 5.32 Å². The molecule has 0 aromatic carbocycles. The minimum atomic E-state index is -3.17. The van der Waals surface area contributed by atoms with E-state index in [9.17, 15) is 8.42 Å². The number of pyridine rings is 1. The Morgan fingerprint density at radius 1 is 1.30 bits per heavy atom. The Balaban J connectivity index is 2.01. The summed E-state index contributed by atoms with van der Waals surface area (Å²) in [5, 5.41) is 5.18. The third kappa shape index (κ3) is 3.28. The highest BCUT2D eigenvalue weighted by molar-refractivity contribution is 7.89. The van der Waals surface area contributed by atoms with E-state index in [1.54, 1.807) is 17.5 Å². The van der Waals surface area contributed by atoms with Crippen molar-refractivity contribution in [3.63, 3.8) is 0 Å². The van der Waals surface area contributed by atoms with Gasteiger partial charge < -0.3 is 5.32 Å². The lowest BCUT2D eigenvalue weighted by molar-refractivity contribution is 0.446. The minimum Gasteiger partial charge on any atom is -0.383 e. The number of fused-ring (bicyclic) bond motifs is 1. The monoisotopic (exact) mass is 313 g/mol.